The van der Waals surface area contributed by atoms with Gasteiger partial charge in [0.25, 0.3) is 0 Å². The smallest absolute Gasteiger partial charge is 0.107 e. The van der Waals surface area contributed by atoms with Gasteiger partial charge in [-0.15, -0.1) is 0 Å². The number of hydrogen-bond acceptors (Lipinski definition) is 2. The summed E-state index contributed by atoms with van der Waals surface area (Å²) in [5.41, 5.74) is 5.33. The van der Waals surface area contributed by atoms with E-state index >= 15 is 0 Å². The standard InChI is InChI=1S/C20H24N2/c1-15(2)19-11-8-12-20(16(19)3)22-14-13-21(17(22)4)18-9-6-5-7-10-18/h5-15,17H,1-4H3/t17-/m1/s1. The zero-order valence-corrected chi connectivity index (χ0v) is 13.8. The first-order chi connectivity index (χ1) is 10.6. The van der Waals surface area contributed by atoms with Crippen molar-refractivity contribution in [2.75, 3.05) is 9.80 Å². The fraction of sp³-hybridized carbons (Fsp3) is 0.300. The summed E-state index contributed by atoms with van der Waals surface area (Å²) in [5, 5.41) is 0. The number of nitrogens with zero attached hydrogens (tertiary/aromatic N) is 2. The molecule has 114 valence electrons. The lowest BCUT2D eigenvalue weighted by Gasteiger charge is -2.31. The van der Waals surface area contributed by atoms with Gasteiger partial charge in [0.1, 0.15) is 6.17 Å². The second-order valence-electron chi connectivity index (χ2n) is 6.23. The van der Waals surface area contributed by atoms with Crippen LogP contribution in [-0.4, -0.2) is 6.17 Å². The molecule has 0 unspecified atom stereocenters. The number of benzene rings is 2. The summed E-state index contributed by atoms with van der Waals surface area (Å²) in [5.74, 6) is 0.548. The van der Waals surface area contributed by atoms with Gasteiger partial charge in [-0.1, -0.05) is 44.2 Å². The van der Waals surface area contributed by atoms with Crippen LogP contribution < -0.4 is 9.80 Å². The van der Waals surface area contributed by atoms with Crippen LogP contribution in [-0.2, 0) is 0 Å². The Balaban J connectivity index is 1.92. The first-order valence-corrected chi connectivity index (χ1v) is 7.99. The minimum Gasteiger partial charge on any atom is -0.326 e. The van der Waals surface area contributed by atoms with Gasteiger partial charge >= 0.3 is 0 Å². The van der Waals surface area contributed by atoms with E-state index in [4.69, 9.17) is 0 Å². The second-order valence-corrected chi connectivity index (χ2v) is 6.23. The zero-order chi connectivity index (χ0) is 15.7. The summed E-state index contributed by atoms with van der Waals surface area (Å²) >= 11 is 0. The Kier molecular flexibility index (Phi) is 3.93. The van der Waals surface area contributed by atoms with Crippen molar-refractivity contribution in [3.05, 3.63) is 72.1 Å². The summed E-state index contributed by atoms with van der Waals surface area (Å²) in [6.07, 6.45) is 4.63. The molecule has 2 heteroatoms. The molecule has 1 heterocycles. The fourth-order valence-corrected chi connectivity index (χ4v) is 3.26. The average Bonchev–Trinajstić information content (AvgIpc) is 2.90. The third-order valence-corrected chi connectivity index (χ3v) is 4.49. The van der Waals surface area contributed by atoms with Gasteiger partial charge < -0.3 is 9.80 Å². The van der Waals surface area contributed by atoms with E-state index in [0.717, 1.165) is 0 Å². The van der Waals surface area contributed by atoms with Gasteiger partial charge in [0.2, 0.25) is 0 Å². The van der Waals surface area contributed by atoms with Crippen molar-refractivity contribution >= 4 is 11.4 Å². The molecule has 22 heavy (non-hydrogen) atoms. The maximum absolute atomic E-state index is 2.36. The highest BCUT2D eigenvalue weighted by Crippen LogP contribution is 2.33. The average molecular weight is 292 g/mol. The lowest BCUT2D eigenvalue weighted by molar-refractivity contribution is 0.745. The normalized spacial score (nSPS) is 17.6. The predicted molar refractivity (Wildman–Crippen MR) is 95.3 cm³/mol. The molecule has 0 spiro atoms. The zero-order valence-electron chi connectivity index (χ0n) is 13.8. The van der Waals surface area contributed by atoms with Crippen LogP contribution in [0.5, 0.6) is 0 Å². The van der Waals surface area contributed by atoms with E-state index in [1.165, 1.54) is 22.5 Å². The Morgan fingerprint density at radius 1 is 0.864 bits per heavy atom. The molecule has 2 aromatic rings. The van der Waals surface area contributed by atoms with Gasteiger partial charge in [0.15, 0.2) is 0 Å². The van der Waals surface area contributed by atoms with Crippen molar-refractivity contribution in [3.8, 4) is 0 Å². The molecule has 3 rings (SSSR count). The van der Waals surface area contributed by atoms with Gasteiger partial charge in [-0.2, -0.15) is 0 Å². The molecule has 2 nitrogen and oxygen atoms in total. The highest BCUT2D eigenvalue weighted by Gasteiger charge is 2.25. The Morgan fingerprint density at radius 2 is 1.55 bits per heavy atom. The second kappa shape index (κ2) is 5.88. The van der Waals surface area contributed by atoms with Crippen LogP contribution >= 0.6 is 0 Å². The maximum Gasteiger partial charge on any atom is 0.107 e. The summed E-state index contributed by atoms with van der Waals surface area (Å²) in [4.78, 5) is 4.66. The molecule has 0 N–H and O–H groups in total. The molecule has 0 aliphatic carbocycles. The minimum absolute atomic E-state index is 0.281. The highest BCUT2D eigenvalue weighted by atomic mass is 15.4. The van der Waals surface area contributed by atoms with E-state index in [9.17, 15) is 0 Å². The molecule has 0 amide bonds. The van der Waals surface area contributed by atoms with Crippen molar-refractivity contribution in [1.29, 1.82) is 0 Å². The van der Waals surface area contributed by atoms with E-state index in [1.807, 2.05) is 0 Å². The van der Waals surface area contributed by atoms with Crippen molar-refractivity contribution < 1.29 is 0 Å². The monoisotopic (exact) mass is 292 g/mol. The predicted octanol–water partition coefficient (Wildman–Crippen LogP) is 5.26. The molecule has 0 fully saturated rings. The Bertz CT molecular complexity index is 673. The summed E-state index contributed by atoms with van der Waals surface area (Å²) in [6.45, 7) is 8.99. The van der Waals surface area contributed by atoms with Crippen LogP contribution in [0.3, 0.4) is 0 Å². The topological polar surface area (TPSA) is 6.48 Å². The molecule has 1 aliphatic heterocycles. The third kappa shape index (κ3) is 2.50. The maximum atomic E-state index is 2.36. The van der Waals surface area contributed by atoms with Gasteiger partial charge in [-0.05, 0) is 49.1 Å². The quantitative estimate of drug-likeness (QED) is 0.761. The third-order valence-electron chi connectivity index (χ3n) is 4.49. The van der Waals surface area contributed by atoms with Crippen LogP contribution in [0, 0.1) is 6.92 Å². The molecule has 0 bridgehead atoms. The first-order valence-electron chi connectivity index (χ1n) is 7.99. The Morgan fingerprint density at radius 3 is 2.23 bits per heavy atom. The van der Waals surface area contributed by atoms with Crippen molar-refractivity contribution in [3.63, 3.8) is 0 Å². The molecule has 0 saturated heterocycles. The molecule has 1 atom stereocenters. The molecule has 0 saturated carbocycles. The van der Waals surface area contributed by atoms with Crippen molar-refractivity contribution in [2.45, 2.75) is 39.8 Å². The van der Waals surface area contributed by atoms with E-state index in [2.05, 4.69) is 98.4 Å². The lowest BCUT2D eigenvalue weighted by atomic mass is 9.96. The minimum atomic E-state index is 0.281. The number of anilines is 2. The molecule has 2 aromatic carbocycles. The summed E-state index contributed by atoms with van der Waals surface area (Å²) in [6, 6.07) is 17.2. The summed E-state index contributed by atoms with van der Waals surface area (Å²) in [7, 11) is 0. The van der Waals surface area contributed by atoms with Crippen LogP contribution in [0.1, 0.15) is 37.8 Å². The van der Waals surface area contributed by atoms with Gasteiger partial charge in [-0.3, -0.25) is 0 Å². The molecular weight excluding hydrogens is 268 g/mol. The molecular formula is C20H24N2. The van der Waals surface area contributed by atoms with Gasteiger partial charge in [0, 0.05) is 23.8 Å². The SMILES string of the molecule is Cc1c(C(C)C)cccc1N1C=CN(c2ccccc2)[C@H]1C. The van der Waals surface area contributed by atoms with Gasteiger partial charge in [-0.25, -0.2) is 0 Å². The van der Waals surface area contributed by atoms with Crippen LogP contribution in [0.4, 0.5) is 11.4 Å². The van der Waals surface area contributed by atoms with E-state index in [-0.39, 0.29) is 6.17 Å². The summed E-state index contributed by atoms with van der Waals surface area (Å²) < 4.78 is 0. The van der Waals surface area contributed by atoms with Crippen LogP contribution in [0.2, 0.25) is 0 Å². The number of rotatable bonds is 3. The Labute approximate surface area is 133 Å². The van der Waals surface area contributed by atoms with Crippen molar-refractivity contribution in [2.24, 2.45) is 0 Å². The van der Waals surface area contributed by atoms with E-state index < -0.39 is 0 Å². The molecule has 0 radical (unpaired) electrons. The number of para-hydroxylation sites is 1. The molecule has 0 aromatic heterocycles. The van der Waals surface area contributed by atoms with Crippen LogP contribution in [0.25, 0.3) is 0 Å². The lowest BCUT2D eigenvalue weighted by Crippen LogP contribution is -2.36. The molecule has 1 aliphatic rings. The fourth-order valence-electron chi connectivity index (χ4n) is 3.26. The first kappa shape index (κ1) is 14.7. The highest BCUT2D eigenvalue weighted by molar-refractivity contribution is 5.65. The van der Waals surface area contributed by atoms with E-state index in [0.29, 0.717) is 5.92 Å². The van der Waals surface area contributed by atoms with Gasteiger partial charge in [0.05, 0.1) is 0 Å². The van der Waals surface area contributed by atoms with Crippen molar-refractivity contribution in [1.82, 2.24) is 0 Å². The number of hydrogen-bond donors (Lipinski definition) is 0. The Hall–Kier alpha value is -2.22. The van der Waals surface area contributed by atoms with E-state index in [1.54, 1.807) is 0 Å². The van der Waals surface area contributed by atoms with Crippen LogP contribution in [0.15, 0.2) is 60.9 Å². The largest absolute Gasteiger partial charge is 0.326 e.